The molecule has 0 amide bonds. The summed E-state index contributed by atoms with van der Waals surface area (Å²) < 4.78 is 13.2. The SMILES string of the molecule is O=C1[C@@H]2[C@H]3C[C@@H]([C@@H]2C(=O)[C@@H]2[C@H]4C[C@@H]([C@H]12)[C@H]1[C@@H]4[C@H]2O[C@@H]1c1ccccc12)[C@H]1[C@@H]3[C@H]2O[C@@H]1c1ccccc12. The molecule has 0 radical (unpaired) electrons. The summed E-state index contributed by atoms with van der Waals surface area (Å²) in [6, 6.07) is 17.4. The summed E-state index contributed by atoms with van der Waals surface area (Å²) in [5, 5.41) is 0. The number of ether oxygens (including phenoxy) is 2. The van der Waals surface area contributed by atoms with E-state index in [9.17, 15) is 9.59 Å². The van der Waals surface area contributed by atoms with Gasteiger partial charge in [0.1, 0.15) is 11.6 Å². The molecule has 2 aromatic rings. The van der Waals surface area contributed by atoms with Crippen LogP contribution in [-0.4, -0.2) is 11.6 Å². The summed E-state index contributed by atoms with van der Waals surface area (Å²) in [5.41, 5.74) is 5.39. The van der Waals surface area contributed by atoms with E-state index in [4.69, 9.17) is 9.47 Å². The van der Waals surface area contributed by atoms with E-state index in [1.807, 2.05) is 0 Å². The summed E-state index contributed by atoms with van der Waals surface area (Å²) in [6.07, 6.45) is 2.66. The lowest BCUT2D eigenvalue weighted by molar-refractivity contribution is -0.157. The molecular weight excluding hydrogens is 448 g/mol. The molecule has 2 saturated heterocycles. The maximum Gasteiger partial charge on any atom is 0.141 e. The van der Waals surface area contributed by atoms with Crippen molar-refractivity contribution in [2.75, 3.05) is 0 Å². The minimum atomic E-state index is -0.0512. The van der Waals surface area contributed by atoms with Gasteiger partial charge in [-0.3, -0.25) is 9.59 Å². The van der Waals surface area contributed by atoms with Crippen molar-refractivity contribution in [1.29, 1.82) is 0 Å². The molecule has 0 N–H and O–H groups in total. The Kier molecular flexibility index (Phi) is 3.01. The Labute approximate surface area is 209 Å². The molecule has 4 heterocycles. The molecule has 180 valence electrons. The third kappa shape index (κ3) is 1.72. The van der Waals surface area contributed by atoms with Crippen molar-refractivity contribution in [3.8, 4) is 0 Å². The Bertz CT molecular complexity index is 1220. The van der Waals surface area contributed by atoms with Crippen LogP contribution < -0.4 is 0 Å². The second-order valence-corrected chi connectivity index (χ2v) is 13.6. The van der Waals surface area contributed by atoms with Gasteiger partial charge in [-0.05, 0) is 82.4 Å². The molecule has 2 aromatic carbocycles. The van der Waals surface area contributed by atoms with Crippen molar-refractivity contribution >= 4 is 11.6 Å². The molecule has 0 aromatic heterocycles. The second kappa shape index (κ2) is 5.73. The van der Waals surface area contributed by atoms with Gasteiger partial charge < -0.3 is 9.47 Å². The van der Waals surface area contributed by atoms with Crippen molar-refractivity contribution in [2.24, 2.45) is 71.0 Å². The van der Waals surface area contributed by atoms with E-state index in [1.54, 1.807) is 0 Å². The standard InChI is InChI=1S/C32H28O4/c33-27-19-15-9-16(24-23(15)29-11-5-1-2-6-12(11)30(24)35-29)20(19)28(34)22-18-10-17(21(22)27)25-26(18)32-14-8-4-3-7-13(14)31(25)36-32/h1-8,15-26,29-32H,9-10H2/t15-,16+,17+,18-,19-,20+,21+,22-,23-,24+,25+,26-,29+,30-,31-,32+. The molecule has 36 heavy (non-hydrogen) atoms. The van der Waals surface area contributed by atoms with Gasteiger partial charge in [-0.2, -0.15) is 0 Å². The van der Waals surface area contributed by atoms with Crippen LogP contribution in [0.4, 0.5) is 0 Å². The summed E-state index contributed by atoms with van der Waals surface area (Å²) in [6.45, 7) is 0. The molecule has 5 saturated carbocycles. The van der Waals surface area contributed by atoms with Gasteiger partial charge in [-0.1, -0.05) is 48.5 Å². The van der Waals surface area contributed by atoms with Gasteiger partial charge in [0, 0.05) is 23.7 Å². The molecule has 4 heteroatoms. The van der Waals surface area contributed by atoms with Crippen LogP contribution in [0.5, 0.6) is 0 Å². The number of rotatable bonds is 0. The van der Waals surface area contributed by atoms with Gasteiger partial charge in [0.05, 0.1) is 24.4 Å². The van der Waals surface area contributed by atoms with Crippen molar-refractivity contribution in [2.45, 2.75) is 37.3 Å². The zero-order valence-corrected chi connectivity index (χ0v) is 19.9. The predicted molar refractivity (Wildman–Crippen MR) is 127 cm³/mol. The molecular formula is C32H28O4. The van der Waals surface area contributed by atoms with E-state index in [0.717, 1.165) is 12.8 Å². The van der Waals surface area contributed by atoms with E-state index >= 15 is 0 Å². The molecule has 4 aliphatic heterocycles. The number of carbonyl (C=O) groups excluding carboxylic acids is 2. The third-order valence-corrected chi connectivity index (χ3v) is 13.1. The predicted octanol–water partition coefficient (Wildman–Crippen LogP) is 5.02. The number of ketones is 2. The highest BCUT2D eigenvalue weighted by Gasteiger charge is 2.77. The van der Waals surface area contributed by atoms with Crippen LogP contribution in [0.15, 0.2) is 48.5 Å². The van der Waals surface area contributed by atoms with Crippen LogP contribution in [0.2, 0.25) is 0 Å². The second-order valence-electron chi connectivity index (χ2n) is 13.6. The summed E-state index contributed by atoms with van der Waals surface area (Å²) in [5.74, 6) is 3.75. The van der Waals surface area contributed by atoms with Gasteiger partial charge in [0.15, 0.2) is 0 Å². The monoisotopic (exact) mass is 476 g/mol. The Balaban J connectivity index is 1.01. The van der Waals surface area contributed by atoms with E-state index in [2.05, 4.69) is 48.5 Å². The molecule has 7 fully saturated rings. The van der Waals surface area contributed by atoms with Gasteiger partial charge in [-0.25, -0.2) is 0 Å². The highest BCUT2D eigenvalue weighted by atomic mass is 16.5. The third-order valence-electron chi connectivity index (χ3n) is 13.1. The fraction of sp³-hybridized carbons (Fsp3) is 0.562. The Morgan fingerprint density at radius 3 is 1.03 bits per heavy atom. The van der Waals surface area contributed by atoms with Gasteiger partial charge in [0.25, 0.3) is 0 Å². The van der Waals surface area contributed by atoms with E-state index in [0.29, 0.717) is 58.9 Å². The van der Waals surface area contributed by atoms with E-state index < -0.39 is 0 Å². The number of fused-ring (bicyclic) bond motifs is 30. The largest absolute Gasteiger partial charge is 0.365 e. The minimum absolute atomic E-state index is 0.0512. The van der Waals surface area contributed by atoms with Crippen LogP contribution in [0.3, 0.4) is 0 Å². The molecule has 9 aliphatic rings. The molecule has 8 bridgehead atoms. The fourth-order valence-electron chi connectivity index (χ4n) is 12.6. The molecule has 4 nitrogen and oxygen atoms in total. The number of hydrogen-bond acceptors (Lipinski definition) is 4. The van der Waals surface area contributed by atoms with Crippen molar-refractivity contribution in [3.05, 3.63) is 70.8 Å². The maximum absolute atomic E-state index is 14.5. The van der Waals surface area contributed by atoms with Gasteiger partial charge in [0.2, 0.25) is 0 Å². The average molecular weight is 477 g/mol. The minimum Gasteiger partial charge on any atom is -0.365 e. The Morgan fingerprint density at radius 2 is 0.750 bits per heavy atom. The van der Waals surface area contributed by atoms with Crippen LogP contribution >= 0.6 is 0 Å². The quantitative estimate of drug-likeness (QED) is 0.536. The molecule has 0 unspecified atom stereocenters. The first-order valence-electron chi connectivity index (χ1n) is 14.3. The first kappa shape index (κ1) is 18.9. The first-order chi connectivity index (χ1) is 17.7. The zero-order chi connectivity index (χ0) is 23.2. The first-order valence-corrected chi connectivity index (χ1v) is 14.3. The molecule has 0 spiro atoms. The highest BCUT2D eigenvalue weighted by Crippen LogP contribution is 2.78. The average Bonchev–Trinajstić information content (AvgIpc) is 3.73. The molecule has 16 atom stereocenters. The van der Waals surface area contributed by atoms with Crippen LogP contribution in [0.25, 0.3) is 0 Å². The molecule has 5 aliphatic carbocycles. The fourth-order valence-corrected chi connectivity index (χ4v) is 12.6. The van der Waals surface area contributed by atoms with Crippen LogP contribution in [0, 0.1) is 71.0 Å². The number of carbonyl (C=O) groups is 2. The lowest BCUT2D eigenvalue weighted by atomic mass is 9.50. The van der Waals surface area contributed by atoms with Gasteiger partial charge >= 0.3 is 0 Å². The normalized spacial score (nSPS) is 56.6. The zero-order valence-electron chi connectivity index (χ0n) is 19.9. The number of benzene rings is 2. The van der Waals surface area contributed by atoms with Crippen molar-refractivity contribution < 1.29 is 19.1 Å². The summed E-state index contributed by atoms with van der Waals surface area (Å²) in [4.78, 5) is 28.9. The van der Waals surface area contributed by atoms with E-state index in [1.165, 1.54) is 22.3 Å². The topological polar surface area (TPSA) is 52.6 Å². The Hall–Kier alpha value is -2.30. The van der Waals surface area contributed by atoms with Crippen LogP contribution in [-0.2, 0) is 19.1 Å². The Morgan fingerprint density at radius 1 is 0.472 bits per heavy atom. The number of hydrogen-bond donors (Lipinski definition) is 0. The van der Waals surface area contributed by atoms with Crippen LogP contribution in [0.1, 0.15) is 59.5 Å². The van der Waals surface area contributed by atoms with Gasteiger partial charge in [-0.15, -0.1) is 0 Å². The number of Topliss-reactive ketones (excluding diaryl/α,β-unsaturated/α-hetero) is 2. The van der Waals surface area contributed by atoms with E-state index in [-0.39, 0.29) is 48.1 Å². The van der Waals surface area contributed by atoms with Crippen molar-refractivity contribution in [3.63, 3.8) is 0 Å². The summed E-state index contributed by atoms with van der Waals surface area (Å²) >= 11 is 0. The highest BCUT2D eigenvalue weighted by molar-refractivity contribution is 6.02. The summed E-state index contributed by atoms with van der Waals surface area (Å²) in [7, 11) is 0. The molecule has 11 rings (SSSR count). The van der Waals surface area contributed by atoms with Crippen molar-refractivity contribution in [1.82, 2.24) is 0 Å². The maximum atomic E-state index is 14.5. The lowest BCUT2D eigenvalue weighted by Gasteiger charge is -2.50. The lowest BCUT2D eigenvalue weighted by Crippen LogP contribution is -2.57. The smallest absolute Gasteiger partial charge is 0.141 e.